The number of nitrogens with one attached hydrogen (secondary N) is 1. The van der Waals surface area contributed by atoms with Crippen molar-refractivity contribution >= 4 is 20.7 Å². The fraction of sp³-hybridized carbons (Fsp3) is 0.333. The quantitative estimate of drug-likeness (QED) is 0.762. The van der Waals surface area contributed by atoms with E-state index in [9.17, 15) is 8.42 Å². The maximum atomic E-state index is 13.2. The highest BCUT2D eigenvalue weighted by Crippen LogP contribution is 2.32. The van der Waals surface area contributed by atoms with Gasteiger partial charge >= 0.3 is 0 Å². The second kappa shape index (κ2) is 6.89. The number of rotatable bonds is 4. The van der Waals surface area contributed by atoms with Crippen LogP contribution in [0.15, 0.2) is 64.5 Å². The second-order valence-electron chi connectivity index (χ2n) is 7.18. The Morgan fingerprint density at radius 2 is 1.81 bits per heavy atom. The fourth-order valence-corrected chi connectivity index (χ4v) is 5.30. The zero-order valence-corrected chi connectivity index (χ0v) is 15.8. The van der Waals surface area contributed by atoms with Crippen LogP contribution in [0, 0.1) is 12.8 Å². The van der Waals surface area contributed by atoms with Crippen molar-refractivity contribution in [2.45, 2.75) is 36.1 Å². The maximum absolute atomic E-state index is 13.2. The van der Waals surface area contributed by atoms with Crippen LogP contribution in [-0.2, 0) is 16.4 Å². The van der Waals surface area contributed by atoms with Crippen molar-refractivity contribution in [3.05, 3.63) is 60.3 Å². The van der Waals surface area contributed by atoms with E-state index in [2.05, 4.69) is 16.0 Å². The van der Waals surface area contributed by atoms with Crippen LogP contribution in [0.2, 0.25) is 0 Å². The third-order valence-corrected chi connectivity index (χ3v) is 7.05. The minimum Gasteiger partial charge on any atom is -0.346 e. The molecule has 1 saturated heterocycles. The van der Waals surface area contributed by atoms with E-state index in [-0.39, 0.29) is 0 Å². The summed E-state index contributed by atoms with van der Waals surface area (Å²) >= 11 is 0. The lowest BCUT2D eigenvalue weighted by atomic mass is 9.98. The molecular formula is C21H24N2O2S. The van der Waals surface area contributed by atoms with Crippen molar-refractivity contribution in [1.29, 1.82) is 0 Å². The van der Waals surface area contributed by atoms with Crippen molar-refractivity contribution in [2.75, 3.05) is 13.1 Å². The summed E-state index contributed by atoms with van der Waals surface area (Å²) in [6, 6.07) is 14.7. The molecule has 3 aromatic rings. The summed E-state index contributed by atoms with van der Waals surface area (Å²) in [6.07, 6.45) is 4.10. The van der Waals surface area contributed by atoms with Crippen LogP contribution in [-0.4, -0.2) is 26.1 Å². The van der Waals surface area contributed by atoms with Crippen LogP contribution < -0.4 is 5.32 Å². The van der Waals surface area contributed by atoms with Gasteiger partial charge in [0.1, 0.15) is 0 Å². The summed E-state index contributed by atoms with van der Waals surface area (Å²) in [5.74, 6) is 0.583. The number of nitrogens with zero attached hydrogens (tertiary/aromatic N) is 1. The van der Waals surface area contributed by atoms with E-state index >= 15 is 0 Å². The molecule has 0 spiro atoms. The highest BCUT2D eigenvalue weighted by molar-refractivity contribution is 7.91. The smallest absolute Gasteiger partial charge is 0.208 e. The van der Waals surface area contributed by atoms with Gasteiger partial charge in [-0.1, -0.05) is 30.3 Å². The molecule has 5 heteroatoms. The summed E-state index contributed by atoms with van der Waals surface area (Å²) in [4.78, 5) is 0.758. The summed E-state index contributed by atoms with van der Waals surface area (Å²) in [5, 5.41) is 4.21. The normalized spacial score (nSPS) is 16.2. The molecule has 1 aromatic heterocycles. The van der Waals surface area contributed by atoms with Gasteiger partial charge in [0.25, 0.3) is 0 Å². The van der Waals surface area contributed by atoms with Crippen molar-refractivity contribution in [3.63, 3.8) is 0 Å². The minimum absolute atomic E-state index is 0.349. The number of benzene rings is 2. The first kappa shape index (κ1) is 17.3. The Morgan fingerprint density at radius 1 is 1.08 bits per heavy atom. The SMILES string of the molecule is Cc1ccc2c(S(=O)(=O)c3ccccc3)cn(CC3CCNCC3)c2c1. The Balaban J connectivity index is 1.83. The molecule has 0 amide bonds. The highest BCUT2D eigenvalue weighted by Gasteiger charge is 2.24. The summed E-state index contributed by atoms with van der Waals surface area (Å²) in [7, 11) is -3.53. The van der Waals surface area contributed by atoms with E-state index in [1.165, 1.54) is 0 Å². The summed E-state index contributed by atoms with van der Waals surface area (Å²) in [5.41, 5.74) is 2.16. The van der Waals surface area contributed by atoms with Gasteiger partial charge in [-0.05, 0) is 62.5 Å². The van der Waals surface area contributed by atoms with Gasteiger partial charge in [-0.2, -0.15) is 0 Å². The zero-order chi connectivity index (χ0) is 18.1. The molecular weight excluding hydrogens is 344 g/mol. The molecule has 4 nitrogen and oxygen atoms in total. The number of piperidine rings is 1. The number of hydrogen-bond acceptors (Lipinski definition) is 3. The highest BCUT2D eigenvalue weighted by atomic mass is 32.2. The summed E-state index contributed by atoms with van der Waals surface area (Å²) in [6.45, 7) is 4.99. The first-order chi connectivity index (χ1) is 12.6. The molecule has 2 aromatic carbocycles. The number of hydrogen-bond donors (Lipinski definition) is 1. The van der Waals surface area contributed by atoms with E-state index in [1.54, 1.807) is 24.3 Å². The fourth-order valence-electron chi connectivity index (χ4n) is 3.80. The van der Waals surface area contributed by atoms with E-state index in [0.717, 1.165) is 48.9 Å². The standard InChI is InChI=1S/C21H24N2O2S/c1-16-7-8-19-20(13-16)23(14-17-9-11-22-12-10-17)15-21(19)26(24,25)18-5-3-2-4-6-18/h2-8,13,15,17,22H,9-12,14H2,1H3. The van der Waals surface area contributed by atoms with Crippen LogP contribution in [0.25, 0.3) is 10.9 Å². The van der Waals surface area contributed by atoms with Crippen molar-refractivity contribution < 1.29 is 8.42 Å². The van der Waals surface area contributed by atoms with Crippen molar-refractivity contribution in [2.24, 2.45) is 5.92 Å². The van der Waals surface area contributed by atoms with Gasteiger partial charge in [0.2, 0.25) is 9.84 Å². The lowest BCUT2D eigenvalue weighted by Crippen LogP contribution is -2.29. The topological polar surface area (TPSA) is 51.1 Å². The van der Waals surface area contributed by atoms with Crippen LogP contribution in [0.5, 0.6) is 0 Å². The molecule has 0 aliphatic carbocycles. The predicted octanol–water partition coefficient (Wildman–Crippen LogP) is 3.78. The minimum atomic E-state index is -3.53. The largest absolute Gasteiger partial charge is 0.346 e. The van der Waals surface area contributed by atoms with Crippen molar-refractivity contribution in [3.8, 4) is 0 Å². The van der Waals surface area contributed by atoms with Crippen LogP contribution >= 0.6 is 0 Å². The van der Waals surface area contributed by atoms with Gasteiger partial charge in [0, 0.05) is 23.6 Å². The summed E-state index contributed by atoms with van der Waals surface area (Å²) < 4.78 is 28.6. The molecule has 0 atom stereocenters. The van der Waals surface area contributed by atoms with E-state index in [0.29, 0.717) is 15.7 Å². The Morgan fingerprint density at radius 3 is 2.54 bits per heavy atom. The average Bonchev–Trinajstić information content (AvgIpc) is 3.02. The van der Waals surface area contributed by atoms with Gasteiger partial charge in [0.15, 0.2) is 0 Å². The molecule has 1 fully saturated rings. The number of fused-ring (bicyclic) bond motifs is 1. The molecule has 0 unspecified atom stereocenters. The molecule has 1 aliphatic rings. The molecule has 1 N–H and O–H groups in total. The van der Waals surface area contributed by atoms with Crippen LogP contribution in [0.3, 0.4) is 0 Å². The first-order valence-corrected chi connectivity index (χ1v) is 10.6. The third kappa shape index (κ3) is 3.17. The second-order valence-corrected chi connectivity index (χ2v) is 9.09. The Kier molecular flexibility index (Phi) is 4.59. The van der Waals surface area contributed by atoms with Gasteiger partial charge in [-0.3, -0.25) is 0 Å². The Bertz CT molecular complexity index is 1020. The molecule has 1 aliphatic heterocycles. The van der Waals surface area contributed by atoms with E-state index in [4.69, 9.17) is 0 Å². The third-order valence-electron chi connectivity index (χ3n) is 5.26. The predicted molar refractivity (Wildman–Crippen MR) is 104 cm³/mol. The number of aryl methyl sites for hydroxylation is 1. The molecule has 0 radical (unpaired) electrons. The Hall–Kier alpha value is -2.11. The lowest BCUT2D eigenvalue weighted by Gasteiger charge is -2.23. The lowest BCUT2D eigenvalue weighted by molar-refractivity contribution is 0.336. The van der Waals surface area contributed by atoms with Crippen LogP contribution in [0.4, 0.5) is 0 Å². The first-order valence-electron chi connectivity index (χ1n) is 9.16. The van der Waals surface area contributed by atoms with Gasteiger partial charge in [0.05, 0.1) is 9.79 Å². The van der Waals surface area contributed by atoms with Gasteiger partial charge in [-0.15, -0.1) is 0 Å². The molecule has 0 saturated carbocycles. The van der Waals surface area contributed by atoms with E-state index < -0.39 is 9.84 Å². The monoisotopic (exact) mass is 368 g/mol. The van der Waals surface area contributed by atoms with E-state index in [1.807, 2.05) is 31.3 Å². The van der Waals surface area contributed by atoms with Crippen molar-refractivity contribution in [1.82, 2.24) is 9.88 Å². The molecule has 26 heavy (non-hydrogen) atoms. The van der Waals surface area contributed by atoms with Crippen LogP contribution in [0.1, 0.15) is 18.4 Å². The average molecular weight is 369 g/mol. The van der Waals surface area contributed by atoms with Gasteiger partial charge in [-0.25, -0.2) is 8.42 Å². The number of sulfone groups is 1. The molecule has 0 bridgehead atoms. The zero-order valence-electron chi connectivity index (χ0n) is 15.0. The molecule has 136 valence electrons. The molecule has 2 heterocycles. The molecule has 4 rings (SSSR count). The Labute approximate surface area is 154 Å². The maximum Gasteiger partial charge on any atom is 0.208 e. The number of aromatic nitrogens is 1. The van der Waals surface area contributed by atoms with Gasteiger partial charge < -0.3 is 9.88 Å².